The molecule has 28 heavy (non-hydrogen) atoms. The fraction of sp³-hybridized carbons (Fsp3) is 0.526. The van der Waals surface area contributed by atoms with E-state index in [-0.39, 0.29) is 28.9 Å². The monoisotopic (exact) mass is 423 g/mol. The van der Waals surface area contributed by atoms with Gasteiger partial charge in [0.2, 0.25) is 11.8 Å². The largest absolute Gasteiger partial charge is 0.376 e. The highest BCUT2D eigenvalue weighted by Crippen LogP contribution is 2.20. The fourth-order valence-corrected chi connectivity index (χ4v) is 4.40. The maximum Gasteiger partial charge on any atom is 0.238 e. The van der Waals surface area contributed by atoms with Crippen LogP contribution >= 0.6 is 23.1 Å². The molecule has 1 aliphatic heterocycles. The zero-order valence-electron chi connectivity index (χ0n) is 16.1. The van der Waals surface area contributed by atoms with Crippen LogP contribution in [-0.4, -0.2) is 52.1 Å². The van der Waals surface area contributed by atoms with Crippen LogP contribution in [-0.2, 0) is 20.9 Å². The molecule has 2 amide bonds. The number of thioether (sulfide) groups is 1. The number of nitrogens with one attached hydrogen (secondary N) is 1. The van der Waals surface area contributed by atoms with E-state index < -0.39 is 0 Å². The molecule has 2 aromatic rings. The van der Waals surface area contributed by atoms with Crippen molar-refractivity contribution in [2.45, 2.75) is 44.6 Å². The summed E-state index contributed by atoms with van der Waals surface area (Å²) < 4.78 is 10.7. The number of amides is 2. The molecule has 2 atom stereocenters. The van der Waals surface area contributed by atoms with Gasteiger partial charge in [-0.05, 0) is 38.1 Å². The summed E-state index contributed by atoms with van der Waals surface area (Å²) in [5.74, 6) is 1.08. The molecule has 1 N–H and O–H groups in total. The lowest BCUT2D eigenvalue weighted by molar-refractivity contribution is -0.130. The molecular weight excluding hydrogens is 398 g/mol. The molecule has 0 radical (unpaired) electrons. The predicted octanol–water partition coefficient (Wildman–Crippen LogP) is 3.31. The number of rotatable bonds is 9. The van der Waals surface area contributed by atoms with E-state index in [2.05, 4.69) is 10.5 Å². The Hall–Kier alpha value is -1.84. The number of anilines is 1. The zero-order chi connectivity index (χ0) is 19.9. The molecule has 2 aromatic heterocycles. The summed E-state index contributed by atoms with van der Waals surface area (Å²) in [5.41, 5.74) is 0. The Kier molecular flexibility index (Phi) is 7.52. The second-order valence-electron chi connectivity index (χ2n) is 6.75. The Morgan fingerprint density at radius 3 is 3.00 bits per heavy atom. The molecule has 1 saturated heterocycles. The van der Waals surface area contributed by atoms with E-state index in [4.69, 9.17) is 9.26 Å². The van der Waals surface area contributed by atoms with E-state index in [1.807, 2.05) is 22.4 Å². The van der Waals surface area contributed by atoms with E-state index in [9.17, 15) is 9.59 Å². The van der Waals surface area contributed by atoms with Crippen molar-refractivity contribution < 1.29 is 18.8 Å². The number of carbonyl (C=O) groups excluding carboxylic acids is 2. The molecule has 0 spiro atoms. The Balaban J connectivity index is 1.52. The molecule has 1 fully saturated rings. The minimum atomic E-state index is -0.382. The van der Waals surface area contributed by atoms with E-state index >= 15 is 0 Å². The summed E-state index contributed by atoms with van der Waals surface area (Å²) in [7, 11) is 0. The first-order chi connectivity index (χ1) is 13.5. The summed E-state index contributed by atoms with van der Waals surface area (Å²) >= 11 is 2.96. The molecule has 152 valence electrons. The average molecular weight is 424 g/mol. The molecule has 7 nitrogen and oxygen atoms in total. The highest BCUT2D eigenvalue weighted by Gasteiger charge is 2.24. The van der Waals surface area contributed by atoms with Crippen LogP contribution in [0.15, 0.2) is 28.1 Å². The third-order valence-corrected chi connectivity index (χ3v) is 6.42. The van der Waals surface area contributed by atoms with Crippen LogP contribution < -0.4 is 5.32 Å². The minimum Gasteiger partial charge on any atom is -0.376 e. The lowest BCUT2D eigenvalue weighted by Crippen LogP contribution is -2.38. The highest BCUT2D eigenvalue weighted by molar-refractivity contribution is 8.01. The quantitative estimate of drug-likeness (QED) is 0.666. The third kappa shape index (κ3) is 6.08. The SMILES string of the molecule is Cc1cc(NC(=O)C(C)SCC(=O)N(Cc2cccs2)CC2CCCO2)no1. The van der Waals surface area contributed by atoms with Crippen LogP contribution in [0, 0.1) is 6.92 Å². The minimum absolute atomic E-state index is 0.0193. The van der Waals surface area contributed by atoms with Gasteiger partial charge in [-0.3, -0.25) is 9.59 Å². The van der Waals surface area contributed by atoms with Crippen molar-refractivity contribution in [3.8, 4) is 0 Å². The number of aryl methyl sites for hydroxylation is 1. The van der Waals surface area contributed by atoms with E-state index in [1.165, 1.54) is 11.8 Å². The molecule has 9 heteroatoms. The number of carbonyl (C=O) groups is 2. The van der Waals surface area contributed by atoms with Crippen molar-refractivity contribution in [2.24, 2.45) is 0 Å². The molecule has 0 aliphatic carbocycles. The third-order valence-electron chi connectivity index (χ3n) is 4.43. The Bertz CT molecular complexity index is 772. The van der Waals surface area contributed by atoms with Crippen molar-refractivity contribution in [2.75, 3.05) is 24.2 Å². The van der Waals surface area contributed by atoms with Gasteiger partial charge in [0, 0.05) is 24.1 Å². The van der Waals surface area contributed by atoms with Crippen molar-refractivity contribution in [3.05, 3.63) is 34.2 Å². The summed E-state index contributed by atoms with van der Waals surface area (Å²) in [5, 5.41) is 8.09. The van der Waals surface area contributed by atoms with Gasteiger partial charge in [0.1, 0.15) is 5.76 Å². The molecule has 0 bridgehead atoms. The Morgan fingerprint density at radius 2 is 2.36 bits per heavy atom. The number of nitrogens with zero attached hydrogens (tertiary/aromatic N) is 2. The smallest absolute Gasteiger partial charge is 0.238 e. The topological polar surface area (TPSA) is 84.7 Å². The first-order valence-corrected chi connectivity index (χ1v) is 11.2. The van der Waals surface area contributed by atoms with Crippen molar-refractivity contribution >= 4 is 40.7 Å². The molecule has 3 heterocycles. The standard InChI is InChI=1S/C19H25N3O4S2/c1-13-9-17(21-26-13)20-19(24)14(2)28-12-18(23)22(10-15-5-3-7-25-15)11-16-6-4-8-27-16/h4,6,8-9,14-15H,3,5,7,10-12H2,1-2H3,(H,20,21,24). The molecule has 3 rings (SSSR count). The maximum absolute atomic E-state index is 12.8. The van der Waals surface area contributed by atoms with Crippen molar-refractivity contribution in [1.82, 2.24) is 10.1 Å². The highest BCUT2D eigenvalue weighted by atomic mass is 32.2. The van der Waals surface area contributed by atoms with Crippen LogP contribution in [0.25, 0.3) is 0 Å². The summed E-state index contributed by atoms with van der Waals surface area (Å²) in [6, 6.07) is 5.68. The van der Waals surface area contributed by atoms with E-state index in [1.54, 1.807) is 31.3 Å². The van der Waals surface area contributed by atoms with Gasteiger partial charge in [-0.15, -0.1) is 23.1 Å². The number of thiophene rings is 1. The van der Waals surface area contributed by atoms with E-state index in [0.29, 0.717) is 24.7 Å². The average Bonchev–Trinajstić information content (AvgIpc) is 3.43. The lowest BCUT2D eigenvalue weighted by atomic mass is 10.2. The first-order valence-electron chi connectivity index (χ1n) is 9.29. The zero-order valence-corrected chi connectivity index (χ0v) is 17.7. The van der Waals surface area contributed by atoms with Crippen molar-refractivity contribution in [3.63, 3.8) is 0 Å². The summed E-state index contributed by atoms with van der Waals surface area (Å²) in [6.07, 6.45) is 2.13. The normalized spacial score (nSPS) is 17.4. The maximum atomic E-state index is 12.8. The van der Waals surface area contributed by atoms with Gasteiger partial charge in [-0.25, -0.2) is 0 Å². The number of hydrogen-bond donors (Lipinski definition) is 1. The number of ether oxygens (including phenoxy) is 1. The van der Waals surface area contributed by atoms with Gasteiger partial charge in [0.25, 0.3) is 0 Å². The fourth-order valence-electron chi connectivity index (χ4n) is 2.90. The predicted molar refractivity (Wildman–Crippen MR) is 110 cm³/mol. The van der Waals surface area contributed by atoms with Crippen LogP contribution in [0.5, 0.6) is 0 Å². The number of aromatic nitrogens is 1. The molecule has 1 aliphatic rings. The summed E-state index contributed by atoms with van der Waals surface area (Å²) in [6.45, 7) is 5.48. The van der Waals surface area contributed by atoms with Gasteiger partial charge in [-0.2, -0.15) is 0 Å². The second kappa shape index (κ2) is 10.1. The Labute approximate surface area is 172 Å². The van der Waals surface area contributed by atoms with Gasteiger partial charge in [0.15, 0.2) is 5.82 Å². The van der Waals surface area contributed by atoms with E-state index in [0.717, 1.165) is 24.3 Å². The van der Waals surface area contributed by atoms with Crippen LogP contribution in [0.2, 0.25) is 0 Å². The van der Waals surface area contributed by atoms with Gasteiger partial charge < -0.3 is 19.5 Å². The van der Waals surface area contributed by atoms with Crippen LogP contribution in [0.1, 0.15) is 30.4 Å². The lowest BCUT2D eigenvalue weighted by Gasteiger charge is -2.25. The Morgan fingerprint density at radius 1 is 1.50 bits per heavy atom. The van der Waals surface area contributed by atoms with Crippen molar-refractivity contribution in [1.29, 1.82) is 0 Å². The summed E-state index contributed by atoms with van der Waals surface area (Å²) in [4.78, 5) is 28.1. The molecule has 0 aromatic carbocycles. The van der Waals surface area contributed by atoms with Crippen LogP contribution in [0.3, 0.4) is 0 Å². The van der Waals surface area contributed by atoms with Gasteiger partial charge in [0.05, 0.1) is 23.7 Å². The molecule has 2 unspecified atom stereocenters. The van der Waals surface area contributed by atoms with Gasteiger partial charge >= 0.3 is 0 Å². The number of hydrogen-bond acceptors (Lipinski definition) is 7. The second-order valence-corrected chi connectivity index (χ2v) is 9.12. The molecule has 0 saturated carbocycles. The first kappa shape index (κ1) is 20.9. The van der Waals surface area contributed by atoms with Crippen LogP contribution in [0.4, 0.5) is 5.82 Å². The molecular formula is C19H25N3O4S2. The van der Waals surface area contributed by atoms with Gasteiger partial charge in [-0.1, -0.05) is 11.2 Å².